The van der Waals surface area contributed by atoms with Crippen molar-refractivity contribution in [3.05, 3.63) is 66.4 Å². The highest BCUT2D eigenvalue weighted by Gasteiger charge is 2.25. The van der Waals surface area contributed by atoms with Crippen LogP contribution in [0.2, 0.25) is 0 Å². The van der Waals surface area contributed by atoms with Gasteiger partial charge in [-0.1, -0.05) is 12.1 Å². The zero-order chi connectivity index (χ0) is 17.1. The Morgan fingerprint density at radius 2 is 2.08 bits per heavy atom. The maximum Gasteiger partial charge on any atom is 0.256 e. The molecule has 25 heavy (non-hydrogen) atoms. The number of nitrogens with zero attached hydrogens (tertiary/aromatic N) is 4. The van der Waals surface area contributed by atoms with E-state index < -0.39 is 0 Å². The fourth-order valence-corrected chi connectivity index (χ4v) is 3.59. The van der Waals surface area contributed by atoms with E-state index in [1.165, 1.54) is 17.3 Å². The Morgan fingerprint density at radius 3 is 2.96 bits per heavy atom. The summed E-state index contributed by atoms with van der Waals surface area (Å²) in [6.07, 6.45) is 9.63. The molecule has 5 nitrogen and oxygen atoms in total. The molecule has 1 aliphatic rings. The van der Waals surface area contributed by atoms with E-state index in [2.05, 4.69) is 39.2 Å². The highest BCUT2D eigenvalue weighted by atomic mass is 16.2. The van der Waals surface area contributed by atoms with Crippen LogP contribution in [0, 0.1) is 5.92 Å². The number of amides is 1. The van der Waals surface area contributed by atoms with Crippen molar-refractivity contribution in [1.29, 1.82) is 0 Å². The molecule has 3 heterocycles. The smallest absolute Gasteiger partial charge is 0.256 e. The van der Waals surface area contributed by atoms with E-state index in [1.54, 1.807) is 12.4 Å². The van der Waals surface area contributed by atoms with Gasteiger partial charge in [-0.05, 0) is 48.9 Å². The van der Waals surface area contributed by atoms with Gasteiger partial charge in [-0.3, -0.25) is 9.78 Å². The minimum atomic E-state index is 0.0352. The number of rotatable bonds is 3. The molecule has 0 spiro atoms. The molecule has 4 rings (SSSR count). The van der Waals surface area contributed by atoms with Crippen molar-refractivity contribution in [3.63, 3.8) is 0 Å². The normalized spacial score (nSPS) is 17.6. The number of fused-ring (bicyclic) bond motifs is 1. The molecule has 0 radical (unpaired) electrons. The van der Waals surface area contributed by atoms with Gasteiger partial charge in [0.15, 0.2) is 0 Å². The van der Waals surface area contributed by atoms with Crippen molar-refractivity contribution in [2.24, 2.45) is 5.92 Å². The zero-order valence-corrected chi connectivity index (χ0v) is 14.0. The second-order valence-electron chi connectivity index (χ2n) is 6.62. The van der Waals surface area contributed by atoms with Crippen LogP contribution >= 0.6 is 0 Å². The number of benzene rings is 1. The standard InChI is InChI=1S/C20H20N4O/c25-20(18-11-21-14-22-12-18)24-8-2-3-16(13-24)9-15-5-6-19-17(10-15)4-1-7-23-19/h1,4-7,10-12,14,16H,2-3,8-9,13H2. The van der Waals surface area contributed by atoms with Crippen molar-refractivity contribution in [3.8, 4) is 0 Å². The lowest BCUT2D eigenvalue weighted by Crippen LogP contribution is -2.40. The number of hydrogen-bond acceptors (Lipinski definition) is 4. The second kappa shape index (κ2) is 6.97. The number of piperidine rings is 1. The first-order valence-corrected chi connectivity index (χ1v) is 8.67. The molecule has 2 aromatic heterocycles. The topological polar surface area (TPSA) is 59.0 Å². The summed E-state index contributed by atoms with van der Waals surface area (Å²) in [5.74, 6) is 0.518. The Balaban J connectivity index is 1.46. The molecule has 0 N–H and O–H groups in total. The van der Waals surface area contributed by atoms with E-state index in [-0.39, 0.29) is 5.91 Å². The van der Waals surface area contributed by atoms with Crippen LogP contribution in [0.4, 0.5) is 0 Å². The summed E-state index contributed by atoms with van der Waals surface area (Å²) in [6, 6.07) is 10.5. The molecule has 1 atom stereocenters. The molecule has 5 heteroatoms. The maximum absolute atomic E-state index is 12.6. The summed E-state index contributed by atoms with van der Waals surface area (Å²) in [6.45, 7) is 1.60. The average Bonchev–Trinajstić information content (AvgIpc) is 2.68. The molecule has 1 saturated heterocycles. The van der Waals surface area contributed by atoms with E-state index >= 15 is 0 Å². The van der Waals surface area contributed by atoms with E-state index in [4.69, 9.17) is 0 Å². The molecule has 0 aliphatic carbocycles. The zero-order valence-electron chi connectivity index (χ0n) is 14.0. The Hall–Kier alpha value is -2.82. The lowest BCUT2D eigenvalue weighted by molar-refractivity contribution is 0.0672. The number of carbonyl (C=O) groups excluding carboxylic acids is 1. The number of likely N-dealkylation sites (tertiary alicyclic amines) is 1. The Morgan fingerprint density at radius 1 is 1.20 bits per heavy atom. The molecule has 1 aliphatic heterocycles. The first-order chi connectivity index (χ1) is 12.3. The third kappa shape index (κ3) is 3.50. The molecular weight excluding hydrogens is 312 g/mol. The van der Waals surface area contributed by atoms with Crippen molar-refractivity contribution >= 4 is 16.8 Å². The number of pyridine rings is 1. The first kappa shape index (κ1) is 15.7. The maximum atomic E-state index is 12.6. The number of carbonyl (C=O) groups is 1. The van der Waals surface area contributed by atoms with E-state index in [9.17, 15) is 4.79 Å². The monoisotopic (exact) mass is 332 g/mol. The molecule has 3 aromatic rings. The lowest BCUT2D eigenvalue weighted by atomic mass is 9.90. The van der Waals surface area contributed by atoms with Crippen LogP contribution in [0.15, 0.2) is 55.2 Å². The number of hydrogen-bond donors (Lipinski definition) is 0. The highest BCUT2D eigenvalue weighted by Crippen LogP contribution is 2.23. The summed E-state index contributed by atoms with van der Waals surface area (Å²) in [4.78, 5) is 26.8. The third-order valence-corrected chi connectivity index (χ3v) is 4.81. The molecule has 1 amide bonds. The van der Waals surface area contributed by atoms with Gasteiger partial charge in [-0.2, -0.15) is 0 Å². The average molecular weight is 332 g/mol. The van der Waals surface area contributed by atoms with Crippen molar-refractivity contribution in [2.45, 2.75) is 19.3 Å². The second-order valence-corrected chi connectivity index (χ2v) is 6.62. The highest BCUT2D eigenvalue weighted by molar-refractivity contribution is 5.93. The quantitative estimate of drug-likeness (QED) is 0.739. The van der Waals surface area contributed by atoms with Crippen LogP contribution in [0.1, 0.15) is 28.8 Å². The largest absolute Gasteiger partial charge is 0.338 e. The van der Waals surface area contributed by atoms with Gasteiger partial charge >= 0.3 is 0 Å². The Labute approximate surface area is 146 Å². The Bertz CT molecular complexity index is 881. The van der Waals surface area contributed by atoms with Crippen LogP contribution in [0.3, 0.4) is 0 Å². The minimum absolute atomic E-state index is 0.0352. The van der Waals surface area contributed by atoms with Gasteiger partial charge in [0, 0.05) is 37.1 Å². The molecule has 0 bridgehead atoms. The van der Waals surface area contributed by atoms with Crippen LogP contribution < -0.4 is 0 Å². The van der Waals surface area contributed by atoms with Crippen LogP contribution in [0.5, 0.6) is 0 Å². The molecular formula is C20H20N4O. The van der Waals surface area contributed by atoms with Crippen molar-refractivity contribution in [1.82, 2.24) is 19.9 Å². The predicted octanol–water partition coefficient (Wildman–Crippen LogP) is 3.12. The van der Waals surface area contributed by atoms with Gasteiger partial charge in [-0.15, -0.1) is 0 Å². The fraction of sp³-hybridized carbons (Fsp3) is 0.300. The van der Waals surface area contributed by atoms with Gasteiger partial charge in [0.1, 0.15) is 6.33 Å². The minimum Gasteiger partial charge on any atom is -0.338 e. The Kier molecular flexibility index (Phi) is 4.37. The molecule has 1 unspecified atom stereocenters. The molecule has 0 saturated carbocycles. The lowest BCUT2D eigenvalue weighted by Gasteiger charge is -2.33. The van der Waals surface area contributed by atoms with E-state index in [1.807, 2.05) is 17.2 Å². The summed E-state index contributed by atoms with van der Waals surface area (Å²) in [7, 11) is 0. The molecule has 1 aromatic carbocycles. The van der Waals surface area contributed by atoms with Crippen LogP contribution in [0.25, 0.3) is 10.9 Å². The third-order valence-electron chi connectivity index (χ3n) is 4.81. The number of aromatic nitrogens is 3. The summed E-state index contributed by atoms with van der Waals surface area (Å²) < 4.78 is 0. The SMILES string of the molecule is O=C(c1cncnc1)N1CCCC(Cc2ccc3ncccc3c2)C1. The molecule has 1 fully saturated rings. The van der Waals surface area contributed by atoms with Gasteiger partial charge in [0.2, 0.25) is 0 Å². The molecule has 126 valence electrons. The summed E-state index contributed by atoms with van der Waals surface area (Å²) in [5.41, 5.74) is 2.90. The summed E-state index contributed by atoms with van der Waals surface area (Å²) in [5, 5.41) is 1.17. The predicted molar refractivity (Wildman–Crippen MR) is 96.1 cm³/mol. The van der Waals surface area contributed by atoms with Crippen molar-refractivity contribution < 1.29 is 4.79 Å². The van der Waals surface area contributed by atoms with Crippen LogP contribution in [-0.2, 0) is 6.42 Å². The van der Waals surface area contributed by atoms with Crippen LogP contribution in [-0.4, -0.2) is 38.8 Å². The van der Waals surface area contributed by atoms with E-state index in [0.29, 0.717) is 11.5 Å². The van der Waals surface area contributed by atoms with Gasteiger partial charge < -0.3 is 4.90 Å². The van der Waals surface area contributed by atoms with E-state index in [0.717, 1.165) is 37.9 Å². The van der Waals surface area contributed by atoms with Gasteiger partial charge in [0.25, 0.3) is 5.91 Å². The van der Waals surface area contributed by atoms with Gasteiger partial charge in [0.05, 0.1) is 11.1 Å². The van der Waals surface area contributed by atoms with Crippen molar-refractivity contribution in [2.75, 3.05) is 13.1 Å². The first-order valence-electron chi connectivity index (χ1n) is 8.67. The fourth-order valence-electron chi connectivity index (χ4n) is 3.59. The summed E-state index contributed by atoms with van der Waals surface area (Å²) >= 11 is 0. The van der Waals surface area contributed by atoms with Gasteiger partial charge in [-0.25, -0.2) is 9.97 Å².